The molecule has 0 aliphatic heterocycles. The molecule has 0 aliphatic rings. The van der Waals surface area contributed by atoms with Crippen molar-refractivity contribution in [3.05, 3.63) is 58.6 Å². The van der Waals surface area contributed by atoms with Gasteiger partial charge < -0.3 is 34.3 Å². The summed E-state index contributed by atoms with van der Waals surface area (Å²) in [7, 11) is -1.000. The van der Waals surface area contributed by atoms with Crippen LogP contribution in [-0.4, -0.2) is 53.5 Å². The zero-order valence-electron chi connectivity index (χ0n) is 19.1. The van der Waals surface area contributed by atoms with Gasteiger partial charge in [0, 0.05) is 5.56 Å². The van der Waals surface area contributed by atoms with E-state index in [1.54, 1.807) is 7.11 Å². The predicted octanol–water partition coefficient (Wildman–Crippen LogP) is 4.10. The van der Waals surface area contributed by atoms with Crippen LogP contribution in [0.15, 0.2) is 42.5 Å². The Morgan fingerprint density at radius 2 is 1.83 bits per heavy atom. The molecule has 1 heterocycles. The van der Waals surface area contributed by atoms with Crippen molar-refractivity contribution in [1.29, 1.82) is 0 Å². The van der Waals surface area contributed by atoms with Crippen molar-refractivity contribution in [1.82, 2.24) is 10.2 Å². The van der Waals surface area contributed by atoms with E-state index in [2.05, 4.69) is 14.7 Å². The van der Waals surface area contributed by atoms with Crippen molar-refractivity contribution in [3.63, 3.8) is 0 Å². The van der Waals surface area contributed by atoms with Crippen molar-refractivity contribution in [2.75, 3.05) is 33.5 Å². The third kappa shape index (κ3) is 8.07. The summed E-state index contributed by atoms with van der Waals surface area (Å²) in [5, 5.41) is 8.26. The first kappa shape index (κ1) is 28.2. The molecule has 0 bridgehead atoms. The van der Waals surface area contributed by atoms with Gasteiger partial charge in [-0.1, -0.05) is 29.5 Å². The highest BCUT2D eigenvalue weighted by Gasteiger charge is 2.35. The quantitative estimate of drug-likeness (QED) is 0.214. The molecule has 0 aliphatic carbocycles. The van der Waals surface area contributed by atoms with Crippen molar-refractivity contribution >= 4 is 19.9 Å². The molecule has 1 atom stereocenters. The van der Waals surface area contributed by atoms with Gasteiger partial charge in [0.05, 0.1) is 38.5 Å². The van der Waals surface area contributed by atoms with Crippen LogP contribution in [0, 0.1) is 0 Å². The van der Waals surface area contributed by atoms with E-state index >= 15 is 0 Å². The molecule has 196 valence electrons. The first-order chi connectivity index (χ1) is 17.2. The smallest absolute Gasteiger partial charge is 0.419 e. The average Bonchev–Trinajstić information content (AvgIpc) is 3.35. The van der Waals surface area contributed by atoms with Gasteiger partial charge in [-0.15, -0.1) is 10.2 Å². The highest BCUT2D eigenvalue weighted by molar-refractivity contribution is 7.39. The molecule has 2 aromatic carbocycles. The molecule has 0 saturated heterocycles. The Morgan fingerprint density at radius 3 is 2.56 bits per heavy atom. The molecule has 0 radical (unpaired) electrons. The molecule has 36 heavy (non-hydrogen) atoms. The molecule has 0 amide bonds. The molecule has 0 spiro atoms. The number of halogens is 3. The van der Waals surface area contributed by atoms with Gasteiger partial charge in [-0.05, 0) is 36.2 Å². The monoisotopic (exact) mass is 547 g/mol. The fourth-order valence-electron chi connectivity index (χ4n) is 3.13. The number of hydrogen-bond donors (Lipinski definition) is 3. The maximum absolute atomic E-state index is 13.7. The van der Waals surface area contributed by atoms with Crippen LogP contribution in [-0.2, 0) is 21.9 Å². The number of nitrogens with two attached hydrogens (primary N) is 1. The van der Waals surface area contributed by atoms with Crippen molar-refractivity contribution in [2.45, 2.75) is 18.6 Å². The maximum atomic E-state index is 13.7. The standard InChI is InChI=1S/C22H25F3N3O6PS/c1-31-18-5-3-2-4-14(18)8-9-32-10-11-33-19-7-6-15(12-16(19)22(23,24)25)20-27-28-21(36-20)17(26)13-34-35(29)30/h2-7,12,17,29-30H,8-11,13,26H2,1H3. The summed E-state index contributed by atoms with van der Waals surface area (Å²) in [4.78, 5) is 17.6. The van der Waals surface area contributed by atoms with Gasteiger partial charge in [-0.3, -0.25) is 0 Å². The molecule has 1 unspecified atom stereocenters. The first-order valence-corrected chi connectivity index (χ1v) is 12.6. The molecule has 0 fully saturated rings. The zero-order valence-corrected chi connectivity index (χ0v) is 20.9. The maximum Gasteiger partial charge on any atom is 0.419 e. The fraction of sp³-hybridized carbons (Fsp3) is 0.364. The average molecular weight is 547 g/mol. The second-order valence-electron chi connectivity index (χ2n) is 7.33. The van der Waals surface area contributed by atoms with Crippen LogP contribution >= 0.6 is 19.9 Å². The molecular formula is C22H25F3N3O6PS. The topological polar surface area (TPSA) is 129 Å². The number of methoxy groups -OCH3 is 1. The fourth-order valence-corrected chi connectivity index (χ4v) is 4.25. The van der Waals surface area contributed by atoms with E-state index < -0.39 is 26.4 Å². The summed E-state index contributed by atoms with van der Waals surface area (Å²) < 4.78 is 61.9. The zero-order chi connectivity index (χ0) is 26.1. The van der Waals surface area contributed by atoms with Gasteiger partial charge in [-0.25, -0.2) is 0 Å². The van der Waals surface area contributed by atoms with E-state index in [1.807, 2.05) is 24.3 Å². The minimum atomic E-state index is -4.66. The number of alkyl halides is 3. The minimum absolute atomic E-state index is 0.0651. The SMILES string of the molecule is COc1ccccc1CCOCCOc1ccc(-c2nnc(C(N)COP(O)O)s2)cc1C(F)(F)F. The van der Waals surface area contributed by atoms with E-state index in [0.717, 1.165) is 28.7 Å². The van der Waals surface area contributed by atoms with Gasteiger partial charge in [0.1, 0.15) is 28.1 Å². The van der Waals surface area contributed by atoms with E-state index in [0.29, 0.717) is 13.0 Å². The highest BCUT2D eigenvalue weighted by atomic mass is 32.1. The predicted molar refractivity (Wildman–Crippen MR) is 128 cm³/mol. The Kier molecular flexibility index (Phi) is 10.4. The normalized spacial score (nSPS) is 12.7. The van der Waals surface area contributed by atoms with E-state index in [1.165, 1.54) is 12.1 Å². The Morgan fingerprint density at radius 1 is 1.06 bits per heavy atom. The number of ether oxygens (including phenoxy) is 3. The molecule has 14 heteroatoms. The second kappa shape index (κ2) is 13.2. The molecule has 0 saturated carbocycles. The number of hydrogen-bond acceptors (Lipinski definition) is 10. The lowest BCUT2D eigenvalue weighted by atomic mass is 10.1. The van der Waals surface area contributed by atoms with Gasteiger partial charge in [0.25, 0.3) is 0 Å². The number of nitrogens with zero attached hydrogens (tertiary/aromatic N) is 2. The van der Waals surface area contributed by atoms with Crippen molar-refractivity contribution < 1.29 is 41.7 Å². The summed E-state index contributed by atoms with van der Waals surface area (Å²) in [5.41, 5.74) is 6.05. The third-order valence-corrected chi connectivity index (χ3v) is 6.34. The molecule has 3 aromatic rings. The largest absolute Gasteiger partial charge is 0.496 e. The third-order valence-electron chi connectivity index (χ3n) is 4.85. The lowest BCUT2D eigenvalue weighted by Gasteiger charge is -2.15. The lowest BCUT2D eigenvalue weighted by molar-refractivity contribution is -0.139. The molecular weight excluding hydrogens is 522 g/mol. The van der Waals surface area contributed by atoms with Crippen LogP contribution < -0.4 is 15.2 Å². The summed E-state index contributed by atoms with van der Waals surface area (Å²) in [6, 6.07) is 10.3. The van der Waals surface area contributed by atoms with Crippen LogP contribution in [0.5, 0.6) is 11.5 Å². The Labute approximate surface area is 210 Å². The van der Waals surface area contributed by atoms with E-state index in [4.69, 9.17) is 29.7 Å². The van der Waals surface area contributed by atoms with Crippen molar-refractivity contribution in [3.8, 4) is 22.1 Å². The summed E-state index contributed by atoms with van der Waals surface area (Å²) >= 11 is 0.978. The first-order valence-electron chi connectivity index (χ1n) is 10.6. The number of rotatable bonds is 13. The second-order valence-corrected chi connectivity index (χ2v) is 9.10. The lowest BCUT2D eigenvalue weighted by Crippen LogP contribution is -2.15. The van der Waals surface area contributed by atoms with Gasteiger partial charge in [0.15, 0.2) is 0 Å². The minimum Gasteiger partial charge on any atom is -0.496 e. The number of para-hydroxylation sites is 1. The summed E-state index contributed by atoms with van der Waals surface area (Å²) in [5.74, 6) is 0.420. The van der Waals surface area contributed by atoms with Crippen LogP contribution in [0.25, 0.3) is 10.6 Å². The molecule has 4 N–H and O–H groups in total. The Balaban J connectivity index is 1.58. The van der Waals surface area contributed by atoms with Crippen molar-refractivity contribution in [2.24, 2.45) is 5.73 Å². The van der Waals surface area contributed by atoms with E-state index in [9.17, 15) is 13.2 Å². The summed E-state index contributed by atoms with van der Waals surface area (Å²) in [6.07, 6.45) is -4.07. The van der Waals surface area contributed by atoms with Gasteiger partial charge in [0.2, 0.25) is 0 Å². The number of benzene rings is 2. The van der Waals surface area contributed by atoms with E-state index in [-0.39, 0.29) is 41.1 Å². The molecule has 3 rings (SSSR count). The van der Waals surface area contributed by atoms with Crippen LogP contribution in [0.3, 0.4) is 0 Å². The molecule has 1 aromatic heterocycles. The van der Waals surface area contributed by atoms with Crippen LogP contribution in [0.1, 0.15) is 22.2 Å². The number of aromatic nitrogens is 2. The Hall–Kier alpha value is -2.38. The summed E-state index contributed by atoms with van der Waals surface area (Å²) in [6.45, 7) is 0.177. The Bertz CT molecular complexity index is 1120. The highest BCUT2D eigenvalue weighted by Crippen LogP contribution is 2.39. The van der Waals surface area contributed by atoms with Gasteiger partial charge in [-0.2, -0.15) is 13.2 Å². The van der Waals surface area contributed by atoms with Gasteiger partial charge >= 0.3 is 14.8 Å². The molecule has 9 nitrogen and oxygen atoms in total. The van der Waals surface area contributed by atoms with Crippen LogP contribution in [0.2, 0.25) is 0 Å². The van der Waals surface area contributed by atoms with Crippen LogP contribution in [0.4, 0.5) is 13.2 Å².